The molecule has 3 heteroatoms. The predicted octanol–water partition coefficient (Wildman–Crippen LogP) is 2.52. The van der Waals surface area contributed by atoms with E-state index in [2.05, 4.69) is 24.9 Å². The van der Waals surface area contributed by atoms with Crippen molar-refractivity contribution in [3.8, 4) is 6.07 Å². The molecule has 0 aromatic carbocycles. The maximum atomic E-state index is 8.86. The Balaban J connectivity index is 2.29. The highest BCUT2D eigenvalue weighted by atomic mass is 15.1. The molecule has 3 atom stereocenters. The lowest BCUT2D eigenvalue weighted by atomic mass is 9.85. The first-order valence-electron chi connectivity index (χ1n) is 6.86. The lowest BCUT2D eigenvalue weighted by Gasteiger charge is -2.36. The van der Waals surface area contributed by atoms with Crippen LogP contribution in [0.3, 0.4) is 0 Å². The second-order valence-electron chi connectivity index (χ2n) is 5.94. The third-order valence-corrected chi connectivity index (χ3v) is 4.09. The molecular formula is C14H27N3. The van der Waals surface area contributed by atoms with Crippen LogP contribution >= 0.6 is 0 Å². The Bertz CT molecular complexity index is 267. The normalized spacial score (nSPS) is 28.7. The molecule has 0 aromatic heterocycles. The van der Waals surface area contributed by atoms with E-state index in [1.807, 2.05) is 6.92 Å². The molecule has 0 aliphatic heterocycles. The van der Waals surface area contributed by atoms with Crippen LogP contribution in [0, 0.1) is 17.2 Å². The number of nitrogens with zero attached hydrogens (tertiary/aromatic N) is 2. The van der Waals surface area contributed by atoms with Gasteiger partial charge in [0, 0.05) is 6.04 Å². The molecule has 1 saturated carbocycles. The minimum Gasteiger partial charge on any atom is -0.314 e. The van der Waals surface area contributed by atoms with E-state index in [1.165, 1.54) is 25.7 Å². The van der Waals surface area contributed by atoms with Gasteiger partial charge in [0.15, 0.2) is 0 Å². The van der Waals surface area contributed by atoms with Crippen molar-refractivity contribution in [1.29, 1.82) is 5.26 Å². The summed E-state index contributed by atoms with van der Waals surface area (Å²) in [7, 11) is 2.21. The van der Waals surface area contributed by atoms with Gasteiger partial charge >= 0.3 is 0 Å². The Morgan fingerprint density at radius 1 is 1.41 bits per heavy atom. The van der Waals surface area contributed by atoms with Crippen LogP contribution < -0.4 is 5.73 Å². The molecule has 0 radical (unpaired) electrons. The van der Waals surface area contributed by atoms with Gasteiger partial charge in [0.2, 0.25) is 0 Å². The van der Waals surface area contributed by atoms with Gasteiger partial charge in [-0.25, -0.2) is 0 Å². The van der Waals surface area contributed by atoms with Gasteiger partial charge in [-0.1, -0.05) is 19.8 Å². The molecule has 1 aliphatic rings. The van der Waals surface area contributed by atoms with Gasteiger partial charge < -0.3 is 10.6 Å². The van der Waals surface area contributed by atoms with E-state index in [0.29, 0.717) is 0 Å². The van der Waals surface area contributed by atoms with Gasteiger partial charge in [0.1, 0.15) is 5.54 Å². The Labute approximate surface area is 106 Å². The summed E-state index contributed by atoms with van der Waals surface area (Å²) in [5.41, 5.74) is 5.17. The average Bonchev–Trinajstić information content (AvgIpc) is 2.29. The first-order chi connectivity index (χ1) is 7.96. The smallest absolute Gasteiger partial charge is 0.101 e. The summed E-state index contributed by atoms with van der Waals surface area (Å²) in [5, 5.41) is 8.86. The van der Waals surface area contributed by atoms with E-state index in [4.69, 9.17) is 11.0 Å². The van der Waals surface area contributed by atoms with Crippen molar-refractivity contribution in [3.05, 3.63) is 0 Å². The topological polar surface area (TPSA) is 53.0 Å². The van der Waals surface area contributed by atoms with Crippen LogP contribution in [0.5, 0.6) is 0 Å². The third-order valence-electron chi connectivity index (χ3n) is 4.09. The zero-order valence-corrected chi connectivity index (χ0v) is 11.6. The van der Waals surface area contributed by atoms with Gasteiger partial charge in [-0.15, -0.1) is 0 Å². The van der Waals surface area contributed by atoms with E-state index in [1.54, 1.807) is 0 Å². The standard InChI is InChI=1S/C14H27N3/c1-12-7-4-5-8-13(12)17(3)10-6-9-14(2,16)11-15/h12-13H,4-10,16H2,1-3H3. The maximum absolute atomic E-state index is 8.86. The Hall–Kier alpha value is -0.590. The summed E-state index contributed by atoms with van der Waals surface area (Å²) in [5.74, 6) is 0.814. The summed E-state index contributed by atoms with van der Waals surface area (Å²) in [6, 6.07) is 2.89. The Kier molecular flexibility index (Phi) is 5.42. The molecule has 0 amide bonds. The van der Waals surface area contributed by atoms with Crippen LogP contribution in [0.15, 0.2) is 0 Å². The van der Waals surface area contributed by atoms with Gasteiger partial charge in [-0.3, -0.25) is 0 Å². The van der Waals surface area contributed by atoms with Crippen molar-refractivity contribution in [1.82, 2.24) is 4.90 Å². The van der Waals surface area contributed by atoms with Crippen molar-refractivity contribution in [3.63, 3.8) is 0 Å². The molecule has 1 fully saturated rings. The van der Waals surface area contributed by atoms with Gasteiger partial charge in [-0.05, 0) is 52.1 Å². The third kappa shape index (κ3) is 4.65. The lowest BCUT2D eigenvalue weighted by Crippen LogP contribution is -2.40. The van der Waals surface area contributed by atoms with Crippen molar-refractivity contribution in [2.24, 2.45) is 11.7 Å². The largest absolute Gasteiger partial charge is 0.314 e. The maximum Gasteiger partial charge on any atom is 0.101 e. The molecule has 0 aromatic rings. The fourth-order valence-corrected chi connectivity index (χ4v) is 2.87. The zero-order valence-electron chi connectivity index (χ0n) is 11.6. The number of nitriles is 1. The monoisotopic (exact) mass is 237 g/mol. The molecule has 1 rings (SSSR count). The highest BCUT2D eigenvalue weighted by Crippen LogP contribution is 2.27. The summed E-state index contributed by atoms with van der Waals surface area (Å²) < 4.78 is 0. The highest BCUT2D eigenvalue weighted by molar-refractivity contribution is 5.00. The molecule has 3 nitrogen and oxygen atoms in total. The first kappa shape index (κ1) is 14.5. The number of hydrogen-bond acceptors (Lipinski definition) is 3. The quantitative estimate of drug-likeness (QED) is 0.799. The van der Waals surface area contributed by atoms with Crippen molar-refractivity contribution >= 4 is 0 Å². The first-order valence-corrected chi connectivity index (χ1v) is 6.86. The summed E-state index contributed by atoms with van der Waals surface area (Å²) in [6.45, 7) is 5.24. The Morgan fingerprint density at radius 2 is 2.06 bits per heavy atom. The second kappa shape index (κ2) is 6.37. The van der Waals surface area contributed by atoms with Crippen LogP contribution in [-0.4, -0.2) is 30.1 Å². The molecule has 0 spiro atoms. The van der Waals surface area contributed by atoms with Crippen molar-refractivity contribution in [2.75, 3.05) is 13.6 Å². The summed E-state index contributed by atoms with van der Waals surface area (Å²) >= 11 is 0. The van der Waals surface area contributed by atoms with Crippen LogP contribution in [0.2, 0.25) is 0 Å². The van der Waals surface area contributed by atoms with Crippen LogP contribution in [0.25, 0.3) is 0 Å². The molecule has 2 N–H and O–H groups in total. The molecule has 0 heterocycles. The van der Waals surface area contributed by atoms with Crippen LogP contribution in [0.4, 0.5) is 0 Å². The van der Waals surface area contributed by atoms with Gasteiger partial charge in [0.05, 0.1) is 6.07 Å². The minimum absolute atomic E-state index is 0.654. The lowest BCUT2D eigenvalue weighted by molar-refractivity contribution is 0.136. The molecular weight excluding hydrogens is 210 g/mol. The van der Waals surface area contributed by atoms with E-state index in [9.17, 15) is 0 Å². The second-order valence-corrected chi connectivity index (χ2v) is 5.94. The van der Waals surface area contributed by atoms with Gasteiger partial charge in [-0.2, -0.15) is 5.26 Å². The molecule has 98 valence electrons. The van der Waals surface area contributed by atoms with Crippen LogP contribution in [0.1, 0.15) is 52.4 Å². The Morgan fingerprint density at radius 3 is 2.65 bits per heavy atom. The fourth-order valence-electron chi connectivity index (χ4n) is 2.87. The predicted molar refractivity (Wildman–Crippen MR) is 71.5 cm³/mol. The SMILES string of the molecule is CC1CCCCC1N(C)CCCC(C)(N)C#N. The van der Waals surface area contributed by atoms with Crippen molar-refractivity contribution < 1.29 is 0 Å². The van der Waals surface area contributed by atoms with Crippen molar-refractivity contribution in [2.45, 2.75) is 64.0 Å². The minimum atomic E-state index is -0.654. The zero-order chi connectivity index (χ0) is 12.9. The summed E-state index contributed by atoms with van der Waals surface area (Å²) in [4.78, 5) is 2.47. The van der Waals surface area contributed by atoms with E-state index in [0.717, 1.165) is 31.3 Å². The number of rotatable bonds is 5. The van der Waals surface area contributed by atoms with E-state index in [-0.39, 0.29) is 0 Å². The average molecular weight is 237 g/mol. The number of nitrogens with two attached hydrogens (primary N) is 1. The van der Waals surface area contributed by atoms with Crippen LogP contribution in [-0.2, 0) is 0 Å². The van der Waals surface area contributed by atoms with E-state index >= 15 is 0 Å². The van der Waals surface area contributed by atoms with Gasteiger partial charge in [0.25, 0.3) is 0 Å². The molecule has 3 unspecified atom stereocenters. The number of hydrogen-bond donors (Lipinski definition) is 1. The molecule has 1 aliphatic carbocycles. The van der Waals surface area contributed by atoms with E-state index < -0.39 is 5.54 Å². The molecule has 0 bridgehead atoms. The summed E-state index contributed by atoms with van der Waals surface area (Å²) in [6.07, 6.45) is 7.25. The fraction of sp³-hybridized carbons (Fsp3) is 0.929. The molecule has 0 saturated heterocycles. The highest BCUT2D eigenvalue weighted by Gasteiger charge is 2.25. The molecule has 17 heavy (non-hydrogen) atoms.